The van der Waals surface area contributed by atoms with Gasteiger partial charge in [-0.3, -0.25) is 4.68 Å². The minimum absolute atomic E-state index is 0.198. The van der Waals surface area contributed by atoms with E-state index in [0.717, 1.165) is 0 Å². The molecule has 0 unspecified atom stereocenters. The van der Waals surface area contributed by atoms with Crippen LogP contribution in [0.3, 0.4) is 0 Å². The van der Waals surface area contributed by atoms with Crippen molar-refractivity contribution in [1.82, 2.24) is 14.8 Å². The number of nitrogens with zero attached hydrogens (tertiary/aromatic N) is 3. The van der Waals surface area contributed by atoms with E-state index in [0.29, 0.717) is 16.8 Å². The normalized spacial score (nSPS) is 11.8. The number of rotatable bonds is 4. The van der Waals surface area contributed by atoms with Crippen molar-refractivity contribution in [1.29, 1.82) is 0 Å². The van der Waals surface area contributed by atoms with Gasteiger partial charge in [0.15, 0.2) is 0 Å². The Kier molecular flexibility index (Phi) is 3.65. The van der Waals surface area contributed by atoms with Crippen molar-refractivity contribution in [3.63, 3.8) is 0 Å². The average molecular weight is 315 g/mol. The summed E-state index contributed by atoms with van der Waals surface area (Å²) in [6, 6.07) is 0. The van der Waals surface area contributed by atoms with Gasteiger partial charge in [0.1, 0.15) is 16.2 Å². The number of hydrogen-bond donors (Lipinski definition) is 0. The van der Waals surface area contributed by atoms with Crippen LogP contribution in [0.25, 0.3) is 0 Å². The zero-order chi connectivity index (χ0) is 9.90. The Balaban J connectivity index is 2.36. The van der Waals surface area contributed by atoms with Crippen LogP contribution in [0.4, 0.5) is 0 Å². The van der Waals surface area contributed by atoms with Crippen molar-refractivity contribution in [2.45, 2.75) is 13.0 Å². The molecule has 0 aliphatic heterocycles. The van der Waals surface area contributed by atoms with E-state index in [9.17, 15) is 8.42 Å². The molecule has 1 heterocycles. The second-order valence-electron chi connectivity index (χ2n) is 2.76. The summed E-state index contributed by atoms with van der Waals surface area (Å²) < 4.78 is 23.9. The molecular formula is C6H10IN3O2S. The van der Waals surface area contributed by atoms with Gasteiger partial charge in [0.05, 0.1) is 5.75 Å². The van der Waals surface area contributed by atoms with Crippen LogP contribution in [-0.4, -0.2) is 35.2 Å². The topological polar surface area (TPSA) is 64.8 Å². The summed E-state index contributed by atoms with van der Waals surface area (Å²) in [5.74, 6) is 0.198. The summed E-state index contributed by atoms with van der Waals surface area (Å²) in [4.78, 5) is 3.92. The lowest BCUT2D eigenvalue weighted by Crippen LogP contribution is -2.07. The number of hydrogen-bond acceptors (Lipinski definition) is 4. The van der Waals surface area contributed by atoms with Crippen LogP contribution in [0, 0.1) is 3.83 Å². The first-order chi connectivity index (χ1) is 5.97. The fraction of sp³-hybridized carbons (Fsp3) is 0.667. The van der Waals surface area contributed by atoms with Gasteiger partial charge in [-0.25, -0.2) is 13.4 Å². The molecule has 0 aliphatic carbocycles. The molecule has 0 bridgehead atoms. The third-order valence-corrected chi connectivity index (χ3v) is 2.94. The molecule has 1 aromatic heterocycles. The smallest absolute Gasteiger partial charge is 0.211 e. The molecule has 1 aromatic rings. The Morgan fingerprint density at radius 2 is 2.31 bits per heavy atom. The van der Waals surface area contributed by atoms with Gasteiger partial charge in [-0.1, -0.05) is 0 Å². The molecule has 0 atom stereocenters. The van der Waals surface area contributed by atoms with E-state index >= 15 is 0 Å². The predicted octanol–water partition coefficient (Wildman–Crippen LogP) is 0.317. The summed E-state index contributed by atoms with van der Waals surface area (Å²) in [6.07, 6.45) is 3.42. The van der Waals surface area contributed by atoms with Gasteiger partial charge in [-0.15, -0.1) is 5.10 Å². The van der Waals surface area contributed by atoms with E-state index in [-0.39, 0.29) is 5.75 Å². The van der Waals surface area contributed by atoms with E-state index in [4.69, 9.17) is 0 Å². The van der Waals surface area contributed by atoms with Gasteiger partial charge in [0.25, 0.3) is 0 Å². The fourth-order valence-electron chi connectivity index (χ4n) is 0.868. The molecule has 0 saturated heterocycles. The lowest BCUT2D eigenvalue weighted by molar-refractivity contribution is 0.574. The fourth-order valence-corrected chi connectivity index (χ4v) is 1.92. The highest BCUT2D eigenvalue weighted by atomic mass is 127. The van der Waals surface area contributed by atoms with Crippen LogP contribution in [0.5, 0.6) is 0 Å². The molecule has 5 nitrogen and oxygen atoms in total. The standard InChI is InChI=1S/C6H10IN3O2S/c1-13(11,12)4-2-3-10-5-8-6(7)9-10/h5H,2-4H2,1H3. The number of halogens is 1. The summed E-state index contributed by atoms with van der Waals surface area (Å²) >= 11 is 2.01. The van der Waals surface area contributed by atoms with E-state index in [1.165, 1.54) is 6.26 Å². The van der Waals surface area contributed by atoms with Gasteiger partial charge in [0, 0.05) is 35.4 Å². The van der Waals surface area contributed by atoms with Crippen LogP contribution < -0.4 is 0 Å². The maximum absolute atomic E-state index is 10.8. The molecule has 0 spiro atoms. The number of aryl methyl sites for hydroxylation is 1. The first-order valence-corrected chi connectivity index (χ1v) is 6.84. The van der Waals surface area contributed by atoms with Gasteiger partial charge in [-0.05, 0) is 6.42 Å². The molecular weight excluding hydrogens is 305 g/mol. The molecule has 0 amide bonds. The Hall–Kier alpha value is -0.180. The molecule has 0 fully saturated rings. The molecule has 0 aromatic carbocycles. The molecule has 0 N–H and O–H groups in total. The quantitative estimate of drug-likeness (QED) is 0.751. The Morgan fingerprint density at radius 1 is 1.62 bits per heavy atom. The summed E-state index contributed by atoms with van der Waals surface area (Å²) in [7, 11) is -2.85. The molecule has 13 heavy (non-hydrogen) atoms. The molecule has 74 valence electrons. The molecule has 0 radical (unpaired) electrons. The van der Waals surface area contributed by atoms with Crippen molar-refractivity contribution >= 4 is 32.4 Å². The van der Waals surface area contributed by atoms with E-state index in [2.05, 4.69) is 10.1 Å². The first kappa shape index (κ1) is 10.9. The average Bonchev–Trinajstić information content (AvgIpc) is 2.33. The Labute approximate surface area is 90.6 Å². The SMILES string of the molecule is CS(=O)(=O)CCCn1cnc(I)n1. The largest absolute Gasteiger partial charge is 0.252 e. The van der Waals surface area contributed by atoms with E-state index in [1.807, 2.05) is 22.6 Å². The Bertz CT molecular complexity index is 373. The van der Waals surface area contributed by atoms with Crippen LogP contribution in [0.2, 0.25) is 0 Å². The highest BCUT2D eigenvalue weighted by Crippen LogP contribution is 1.96. The van der Waals surface area contributed by atoms with Gasteiger partial charge in [0.2, 0.25) is 3.83 Å². The minimum Gasteiger partial charge on any atom is -0.252 e. The lowest BCUT2D eigenvalue weighted by Gasteiger charge is -1.98. The van der Waals surface area contributed by atoms with Crippen LogP contribution in [-0.2, 0) is 16.4 Å². The minimum atomic E-state index is -2.85. The summed E-state index contributed by atoms with van der Waals surface area (Å²) in [5.41, 5.74) is 0. The predicted molar refractivity (Wildman–Crippen MR) is 57.1 cm³/mol. The maximum Gasteiger partial charge on any atom is 0.211 e. The molecule has 0 aliphatic rings. The zero-order valence-electron chi connectivity index (χ0n) is 7.14. The van der Waals surface area contributed by atoms with Gasteiger partial charge >= 0.3 is 0 Å². The van der Waals surface area contributed by atoms with E-state index in [1.54, 1.807) is 11.0 Å². The summed E-state index contributed by atoms with van der Waals surface area (Å²) in [6.45, 7) is 0.600. The lowest BCUT2D eigenvalue weighted by atomic mass is 10.5. The van der Waals surface area contributed by atoms with Crippen LogP contribution in [0.15, 0.2) is 6.33 Å². The Morgan fingerprint density at radius 3 is 2.77 bits per heavy atom. The second-order valence-corrected chi connectivity index (χ2v) is 5.98. The number of aromatic nitrogens is 3. The monoisotopic (exact) mass is 315 g/mol. The summed E-state index contributed by atoms with van der Waals surface area (Å²) in [5, 5.41) is 4.03. The van der Waals surface area contributed by atoms with Crippen molar-refractivity contribution in [3.8, 4) is 0 Å². The first-order valence-electron chi connectivity index (χ1n) is 3.70. The van der Waals surface area contributed by atoms with Crippen molar-refractivity contribution in [2.75, 3.05) is 12.0 Å². The maximum atomic E-state index is 10.8. The second kappa shape index (κ2) is 4.36. The van der Waals surface area contributed by atoms with Crippen LogP contribution >= 0.6 is 22.6 Å². The highest BCUT2D eigenvalue weighted by molar-refractivity contribution is 14.1. The van der Waals surface area contributed by atoms with Crippen molar-refractivity contribution in [3.05, 3.63) is 10.2 Å². The van der Waals surface area contributed by atoms with Crippen molar-refractivity contribution < 1.29 is 8.42 Å². The number of sulfone groups is 1. The third kappa shape index (κ3) is 4.55. The highest BCUT2D eigenvalue weighted by Gasteiger charge is 2.02. The molecule has 1 rings (SSSR count). The van der Waals surface area contributed by atoms with Crippen molar-refractivity contribution in [2.24, 2.45) is 0 Å². The molecule has 0 saturated carbocycles. The zero-order valence-corrected chi connectivity index (χ0v) is 10.1. The molecule has 7 heteroatoms. The third-order valence-electron chi connectivity index (χ3n) is 1.41. The van der Waals surface area contributed by atoms with Gasteiger partial charge < -0.3 is 0 Å². The van der Waals surface area contributed by atoms with Gasteiger partial charge in [-0.2, -0.15) is 0 Å². The van der Waals surface area contributed by atoms with E-state index < -0.39 is 9.84 Å². The van der Waals surface area contributed by atoms with Crippen LogP contribution in [0.1, 0.15) is 6.42 Å².